The van der Waals surface area contributed by atoms with Crippen molar-refractivity contribution in [3.63, 3.8) is 0 Å². The lowest BCUT2D eigenvalue weighted by Gasteiger charge is -2.34. The first kappa shape index (κ1) is 18.1. The number of anilines is 3. The van der Waals surface area contributed by atoms with Crippen LogP contribution in [0.15, 0.2) is 36.4 Å². The van der Waals surface area contributed by atoms with Gasteiger partial charge in [-0.3, -0.25) is 4.79 Å². The molecule has 0 radical (unpaired) electrons. The number of nitrogen functional groups attached to an aromatic ring is 1. The fourth-order valence-corrected chi connectivity index (χ4v) is 3.51. The Kier molecular flexibility index (Phi) is 5.35. The molecule has 1 aliphatic rings. The van der Waals surface area contributed by atoms with Crippen LogP contribution in [0.2, 0.25) is 0 Å². The van der Waals surface area contributed by atoms with E-state index in [4.69, 9.17) is 10.5 Å². The zero-order valence-corrected chi connectivity index (χ0v) is 15.7. The van der Waals surface area contributed by atoms with Crippen molar-refractivity contribution in [2.75, 3.05) is 36.1 Å². The van der Waals surface area contributed by atoms with Gasteiger partial charge in [-0.25, -0.2) is 0 Å². The molecule has 1 amide bonds. The second-order valence-electron chi connectivity index (χ2n) is 7.10. The predicted octanol–water partition coefficient (Wildman–Crippen LogP) is 4.07. The van der Waals surface area contributed by atoms with E-state index >= 15 is 0 Å². The van der Waals surface area contributed by atoms with Crippen molar-refractivity contribution in [1.82, 2.24) is 0 Å². The maximum atomic E-state index is 12.6. The Balaban J connectivity index is 1.82. The Morgan fingerprint density at radius 2 is 2.00 bits per heavy atom. The zero-order valence-electron chi connectivity index (χ0n) is 15.7. The number of nitrogens with two attached hydrogens (primary N) is 1. The molecule has 3 rings (SSSR count). The molecule has 0 aliphatic carbocycles. The molecule has 5 nitrogen and oxygen atoms in total. The van der Waals surface area contributed by atoms with E-state index < -0.39 is 0 Å². The Hall–Kier alpha value is -2.69. The van der Waals surface area contributed by atoms with Gasteiger partial charge in [-0.2, -0.15) is 0 Å². The average Bonchev–Trinajstić information content (AvgIpc) is 2.64. The van der Waals surface area contributed by atoms with Crippen molar-refractivity contribution in [1.29, 1.82) is 0 Å². The largest absolute Gasteiger partial charge is 0.497 e. The number of hydrogen-bond acceptors (Lipinski definition) is 4. The number of rotatable bonds is 4. The number of methoxy groups -OCH3 is 1. The van der Waals surface area contributed by atoms with Crippen LogP contribution in [-0.2, 0) is 0 Å². The molecule has 1 heterocycles. The maximum Gasteiger partial charge on any atom is 0.255 e. The van der Waals surface area contributed by atoms with Crippen molar-refractivity contribution < 1.29 is 9.53 Å². The summed E-state index contributed by atoms with van der Waals surface area (Å²) in [4.78, 5) is 15.0. The summed E-state index contributed by atoms with van der Waals surface area (Å²) in [5.74, 6) is 1.22. The molecule has 26 heavy (non-hydrogen) atoms. The second-order valence-corrected chi connectivity index (χ2v) is 7.10. The van der Waals surface area contributed by atoms with E-state index in [1.807, 2.05) is 12.1 Å². The van der Waals surface area contributed by atoms with Crippen molar-refractivity contribution in [3.8, 4) is 5.75 Å². The van der Waals surface area contributed by atoms with Gasteiger partial charge in [0.15, 0.2) is 0 Å². The summed E-state index contributed by atoms with van der Waals surface area (Å²) in [5.41, 5.74) is 10.3. The first-order valence-electron chi connectivity index (χ1n) is 9.08. The number of carbonyl (C=O) groups is 1. The molecular formula is C21H27N3O2. The fourth-order valence-electron chi connectivity index (χ4n) is 3.51. The normalized spacial score (nSPS) is 17.0. The topological polar surface area (TPSA) is 67.6 Å². The molecule has 2 aromatic rings. The van der Waals surface area contributed by atoms with Gasteiger partial charge in [-0.05, 0) is 67.6 Å². The predicted molar refractivity (Wildman–Crippen MR) is 107 cm³/mol. The minimum Gasteiger partial charge on any atom is -0.497 e. The highest BCUT2D eigenvalue weighted by Gasteiger charge is 2.19. The summed E-state index contributed by atoms with van der Waals surface area (Å²) in [6, 6.07) is 11.0. The summed E-state index contributed by atoms with van der Waals surface area (Å²) in [6.07, 6.45) is 2.46. The highest BCUT2D eigenvalue weighted by atomic mass is 16.5. The smallest absolute Gasteiger partial charge is 0.255 e. The quantitative estimate of drug-likeness (QED) is 0.813. The van der Waals surface area contributed by atoms with E-state index in [2.05, 4.69) is 24.1 Å². The lowest BCUT2D eigenvalue weighted by molar-refractivity contribution is 0.102. The van der Waals surface area contributed by atoms with Crippen LogP contribution in [0.4, 0.5) is 17.1 Å². The van der Waals surface area contributed by atoms with Gasteiger partial charge in [0.25, 0.3) is 5.91 Å². The first-order chi connectivity index (χ1) is 12.5. The van der Waals surface area contributed by atoms with E-state index in [0.717, 1.165) is 30.1 Å². The molecule has 1 atom stereocenters. The molecule has 0 bridgehead atoms. The number of benzene rings is 2. The molecule has 1 fully saturated rings. The molecule has 0 unspecified atom stereocenters. The minimum absolute atomic E-state index is 0.179. The maximum absolute atomic E-state index is 12.6. The highest BCUT2D eigenvalue weighted by molar-refractivity contribution is 6.06. The van der Waals surface area contributed by atoms with Crippen LogP contribution in [0.5, 0.6) is 5.75 Å². The van der Waals surface area contributed by atoms with Crippen LogP contribution in [0.25, 0.3) is 0 Å². The van der Waals surface area contributed by atoms with Gasteiger partial charge in [0, 0.05) is 24.3 Å². The van der Waals surface area contributed by atoms with Gasteiger partial charge in [0.1, 0.15) is 5.75 Å². The molecule has 0 saturated carbocycles. The molecule has 5 heteroatoms. The third-order valence-corrected chi connectivity index (χ3v) is 4.97. The summed E-state index contributed by atoms with van der Waals surface area (Å²) in [7, 11) is 1.60. The zero-order chi connectivity index (χ0) is 18.7. The number of carbonyl (C=O) groups excluding carboxylic acids is 1. The average molecular weight is 353 g/mol. The van der Waals surface area contributed by atoms with Crippen LogP contribution in [0.3, 0.4) is 0 Å². The summed E-state index contributed by atoms with van der Waals surface area (Å²) in [6.45, 7) is 6.43. The number of hydrogen-bond donors (Lipinski definition) is 2. The van der Waals surface area contributed by atoms with Crippen LogP contribution in [-0.4, -0.2) is 26.1 Å². The first-order valence-corrected chi connectivity index (χ1v) is 9.08. The van der Waals surface area contributed by atoms with Crippen molar-refractivity contribution >= 4 is 23.0 Å². The van der Waals surface area contributed by atoms with Gasteiger partial charge < -0.3 is 20.7 Å². The minimum atomic E-state index is -0.179. The summed E-state index contributed by atoms with van der Waals surface area (Å²) >= 11 is 0. The number of nitrogens with one attached hydrogen (secondary N) is 1. The van der Waals surface area contributed by atoms with Gasteiger partial charge in [0.2, 0.25) is 0 Å². The second kappa shape index (κ2) is 7.68. The van der Waals surface area contributed by atoms with Crippen molar-refractivity contribution in [3.05, 3.63) is 47.5 Å². The van der Waals surface area contributed by atoms with E-state index in [1.54, 1.807) is 31.4 Å². The number of piperidine rings is 1. The van der Waals surface area contributed by atoms with Gasteiger partial charge in [-0.15, -0.1) is 0 Å². The standard InChI is InChI=1S/C21H27N3O2/c1-14-5-4-10-24(13-14)20-12-19(18(22)11-15(20)2)23-21(25)16-6-8-17(26-3)9-7-16/h6-9,11-12,14H,4-5,10,13,22H2,1-3H3,(H,23,25)/t14-/m0/s1. The molecular weight excluding hydrogens is 326 g/mol. The third kappa shape index (κ3) is 3.93. The van der Waals surface area contributed by atoms with Crippen LogP contribution in [0.1, 0.15) is 35.7 Å². The summed E-state index contributed by atoms with van der Waals surface area (Å²) < 4.78 is 5.13. The van der Waals surface area contributed by atoms with E-state index in [1.165, 1.54) is 12.8 Å². The van der Waals surface area contributed by atoms with E-state index in [9.17, 15) is 4.79 Å². The molecule has 0 spiro atoms. The Labute approximate surface area is 155 Å². The van der Waals surface area contributed by atoms with Crippen molar-refractivity contribution in [2.45, 2.75) is 26.7 Å². The molecule has 3 N–H and O–H groups in total. The highest BCUT2D eigenvalue weighted by Crippen LogP contribution is 2.32. The monoisotopic (exact) mass is 353 g/mol. The SMILES string of the molecule is COc1ccc(C(=O)Nc2cc(N3CCC[C@H](C)C3)c(C)cc2N)cc1. The van der Waals surface area contributed by atoms with Crippen molar-refractivity contribution in [2.24, 2.45) is 5.92 Å². The van der Waals surface area contributed by atoms with Crippen LogP contribution in [0, 0.1) is 12.8 Å². The van der Waals surface area contributed by atoms with E-state index in [-0.39, 0.29) is 5.91 Å². The Morgan fingerprint density at radius 3 is 2.65 bits per heavy atom. The third-order valence-electron chi connectivity index (χ3n) is 4.97. The molecule has 1 saturated heterocycles. The number of ether oxygens (including phenoxy) is 1. The molecule has 1 aliphatic heterocycles. The Morgan fingerprint density at radius 1 is 1.27 bits per heavy atom. The molecule has 138 valence electrons. The lowest BCUT2D eigenvalue weighted by atomic mass is 9.98. The summed E-state index contributed by atoms with van der Waals surface area (Å²) in [5, 5.41) is 2.95. The Bertz CT molecular complexity index is 787. The van der Waals surface area contributed by atoms with Gasteiger partial charge in [-0.1, -0.05) is 6.92 Å². The number of aryl methyl sites for hydroxylation is 1. The number of nitrogens with zero attached hydrogens (tertiary/aromatic N) is 1. The molecule has 0 aromatic heterocycles. The van der Waals surface area contributed by atoms with E-state index in [0.29, 0.717) is 22.9 Å². The van der Waals surface area contributed by atoms with Crippen LogP contribution >= 0.6 is 0 Å². The van der Waals surface area contributed by atoms with Gasteiger partial charge >= 0.3 is 0 Å². The van der Waals surface area contributed by atoms with Crippen LogP contribution < -0.4 is 20.7 Å². The van der Waals surface area contributed by atoms with Gasteiger partial charge in [0.05, 0.1) is 18.5 Å². The lowest BCUT2D eigenvalue weighted by Crippen LogP contribution is -2.34. The number of amides is 1. The fraction of sp³-hybridized carbons (Fsp3) is 0.381. The molecule has 2 aromatic carbocycles.